The molecule has 4 aliphatic rings. The van der Waals surface area contributed by atoms with Crippen LogP contribution in [-0.2, 0) is 9.59 Å². The topological polar surface area (TPSA) is 69.2 Å². The minimum Gasteiger partial charge on any atom is -0.550 e. The number of amides is 1. The van der Waals surface area contributed by atoms with Gasteiger partial charge in [-0.1, -0.05) is 37.3 Å². The summed E-state index contributed by atoms with van der Waals surface area (Å²) >= 11 is 0. The molecule has 5 rings (SSSR count). The standard InChI is InChI=1S/C23H31NO3/c1-15(19-5-3-2-4-6-19)20(10-21(25)26)22(27)24-14-23-11-16-7-17(12-23)9-18(8-16)13-23/h2-6,15-18,20H,7-14H2,1H3,(H,24,27)(H,25,26)/p-1/t15-,16?,17?,18?,20-,23?/m1/s1. The Morgan fingerprint density at radius 2 is 1.63 bits per heavy atom. The van der Waals surface area contributed by atoms with Gasteiger partial charge in [-0.25, -0.2) is 0 Å². The van der Waals surface area contributed by atoms with E-state index in [0.29, 0.717) is 6.54 Å². The lowest BCUT2D eigenvalue weighted by molar-refractivity contribution is -0.306. The van der Waals surface area contributed by atoms with Crippen molar-refractivity contribution in [3.05, 3.63) is 35.9 Å². The van der Waals surface area contributed by atoms with Crippen molar-refractivity contribution in [2.45, 2.75) is 57.8 Å². The molecule has 0 aromatic heterocycles. The Morgan fingerprint density at radius 3 is 2.15 bits per heavy atom. The summed E-state index contributed by atoms with van der Waals surface area (Å²) in [6.07, 6.45) is 7.61. The predicted octanol–water partition coefficient (Wildman–Crippen LogP) is 2.88. The Labute approximate surface area is 161 Å². The minimum atomic E-state index is -1.16. The number of carbonyl (C=O) groups is 2. The number of aliphatic carboxylic acids is 1. The summed E-state index contributed by atoms with van der Waals surface area (Å²) in [5.41, 5.74) is 1.25. The van der Waals surface area contributed by atoms with Gasteiger partial charge in [0.2, 0.25) is 5.91 Å². The van der Waals surface area contributed by atoms with Gasteiger partial charge in [-0.15, -0.1) is 0 Å². The molecule has 4 aliphatic carbocycles. The van der Waals surface area contributed by atoms with E-state index in [1.807, 2.05) is 37.3 Å². The molecule has 0 unspecified atom stereocenters. The van der Waals surface area contributed by atoms with Crippen molar-refractivity contribution >= 4 is 11.9 Å². The molecule has 0 spiro atoms. The lowest BCUT2D eigenvalue weighted by Crippen LogP contribution is -2.52. The zero-order valence-electron chi connectivity index (χ0n) is 16.2. The molecular weight excluding hydrogens is 338 g/mol. The number of carboxylic acids is 1. The largest absolute Gasteiger partial charge is 0.550 e. The Bertz CT molecular complexity index is 664. The first-order valence-corrected chi connectivity index (χ1v) is 10.5. The first kappa shape index (κ1) is 18.5. The first-order chi connectivity index (χ1) is 12.9. The highest BCUT2D eigenvalue weighted by Gasteiger charge is 2.50. The smallest absolute Gasteiger partial charge is 0.224 e. The van der Waals surface area contributed by atoms with Crippen LogP contribution in [0, 0.1) is 29.1 Å². The van der Waals surface area contributed by atoms with E-state index in [1.165, 1.54) is 38.5 Å². The monoisotopic (exact) mass is 368 g/mol. The van der Waals surface area contributed by atoms with Crippen molar-refractivity contribution in [3.8, 4) is 0 Å². The molecule has 0 aliphatic heterocycles. The Morgan fingerprint density at radius 1 is 1.07 bits per heavy atom. The Kier molecular flexibility index (Phi) is 5.00. The van der Waals surface area contributed by atoms with E-state index < -0.39 is 11.9 Å². The number of hydrogen-bond donors (Lipinski definition) is 1. The van der Waals surface area contributed by atoms with E-state index in [1.54, 1.807) is 0 Å². The zero-order chi connectivity index (χ0) is 19.0. The molecule has 4 bridgehead atoms. The highest BCUT2D eigenvalue weighted by molar-refractivity contribution is 5.83. The summed E-state index contributed by atoms with van der Waals surface area (Å²) in [7, 11) is 0. The molecule has 0 saturated heterocycles. The van der Waals surface area contributed by atoms with Crippen LogP contribution in [-0.4, -0.2) is 18.4 Å². The molecule has 1 aromatic rings. The van der Waals surface area contributed by atoms with Crippen LogP contribution < -0.4 is 10.4 Å². The summed E-state index contributed by atoms with van der Waals surface area (Å²) in [5, 5.41) is 14.5. The summed E-state index contributed by atoms with van der Waals surface area (Å²) < 4.78 is 0. The lowest BCUT2D eigenvalue weighted by Gasteiger charge is -2.57. The van der Waals surface area contributed by atoms with Gasteiger partial charge in [-0.3, -0.25) is 4.79 Å². The first-order valence-electron chi connectivity index (χ1n) is 10.5. The van der Waals surface area contributed by atoms with E-state index in [4.69, 9.17) is 0 Å². The molecule has 27 heavy (non-hydrogen) atoms. The number of benzene rings is 1. The Balaban J connectivity index is 1.43. The minimum absolute atomic E-state index is 0.133. The van der Waals surface area contributed by atoms with Crippen LogP contribution in [0.1, 0.15) is 63.4 Å². The van der Waals surface area contributed by atoms with E-state index in [2.05, 4.69) is 5.32 Å². The van der Waals surface area contributed by atoms with Crippen molar-refractivity contribution in [3.63, 3.8) is 0 Å². The van der Waals surface area contributed by atoms with E-state index >= 15 is 0 Å². The summed E-state index contributed by atoms with van der Waals surface area (Å²) in [6, 6.07) is 9.69. The van der Waals surface area contributed by atoms with Crippen molar-refractivity contribution in [1.29, 1.82) is 0 Å². The molecule has 0 heterocycles. The second-order valence-electron chi connectivity index (χ2n) is 9.52. The van der Waals surface area contributed by atoms with Crippen LogP contribution in [0.4, 0.5) is 0 Å². The van der Waals surface area contributed by atoms with Gasteiger partial charge in [0.15, 0.2) is 0 Å². The molecule has 4 heteroatoms. The molecule has 4 nitrogen and oxygen atoms in total. The number of rotatable bonds is 7. The van der Waals surface area contributed by atoms with Gasteiger partial charge < -0.3 is 15.2 Å². The fourth-order valence-corrected chi connectivity index (χ4v) is 6.58. The molecule has 4 saturated carbocycles. The quantitative estimate of drug-likeness (QED) is 0.804. The molecule has 1 aromatic carbocycles. The molecule has 1 N–H and O–H groups in total. The molecule has 146 valence electrons. The maximum absolute atomic E-state index is 13.0. The second kappa shape index (κ2) is 7.29. The van der Waals surface area contributed by atoms with Gasteiger partial charge in [0.05, 0.1) is 0 Å². The Hall–Kier alpha value is -1.84. The molecule has 4 fully saturated rings. The fraction of sp³-hybridized carbons (Fsp3) is 0.652. The third-order valence-electron chi connectivity index (χ3n) is 7.45. The average Bonchev–Trinajstić information content (AvgIpc) is 2.63. The van der Waals surface area contributed by atoms with Crippen LogP contribution in [0.3, 0.4) is 0 Å². The normalized spacial score (nSPS) is 33.4. The van der Waals surface area contributed by atoms with Gasteiger partial charge in [0.25, 0.3) is 0 Å². The summed E-state index contributed by atoms with van der Waals surface area (Å²) in [4.78, 5) is 24.3. The SMILES string of the molecule is C[C@H](c1ccccc1)[C@@H](CC(=O)[O-])C(=O)NCC12CC3CC(CC(C3)C1)C2. The molecular formula is C23H30NO3-. The van der Waals surface area contributed by atoms with Gasteiger partial charge >= 0.3 is 0 Å². The summed E-state index contributed by atoms with van der Waals surface area (Å²) in [5.74, 6) is 0.493. The highest BCUT2D eigenvalue weighted by atomic mass is 16.4. The third-order valence-corrected chi connectivity index (χ3v) is 7.45. The number of carboxylic acid groups (broad SMARTS) is 1. The highest BCUT2D eigenvalue weighted by Crippen LogP contribution is 2.59. The maximum Gasteiger partial charge on any atom is 0.224 e. The molecule has 1 amide bonds. The number of carbonyl (C=O) groups excluding carboxylic acids is 2. The van der Waals surface area contributed by atoms with E-state index in [0.717, 1.165) is 23.3 Å². The van der Waals surface area contributed by atoms with Gasteiger partial charge in [0, 0.05) is 18.4 Å². The van der Waals surface area contributed by atoms with Crippen molar-refractivity contribution in [2.75, 3.05) is 6.54 Å². The van der Waals surface area contributed by atoms with Crippen molar-refractivity contribution < 1.29 is 14.7 Å². The van der Waals surface area contributed by atoms with Crippen LogP contribution >= 0.6 is 0 Å². The number of hydrogen-bond acceptors (Lipinski definition) is 3. The fourth-order valence-electron chi connectivity index (χ4n) is 6.58. The van der Waals surface area contributed by atoms with Crippen molar-refractivity contribution in [2.24, 2.45) is 29.1 Å². The van der Waals surface area contributed by atoms with Crippen LogP contribution in [0.5, 0.6) is 0 Å². The lowest BCUT2D eigenvalue weighted by atomic mass is 9.49. The van der Waals surface area contributed by atoms with Crippen LogP contribution in [0.2, 0.25) is 0 Å². The van der Waals surface area contributed by atoms with Gasteiger partial charge in [0.1, 0.15) is 0 Å². The van der Waals surface area contributed by atoms with Crippen LogP contribution in [0.25, 0.3) is 0 Å². The zero-order valence-corrected chi connectivity index (χ0v) is 16.2. The average molecular weight is 368 g/mol. The molecule has 2 atom stereocenters. The maximum atomic E-state index is 13.0. The second-order valence-corrected chi connectivity index (χ2v) is 9.52. The van der Waals surface area contributed by atoms with E-state index in [9.17, 15) is 14.7 Å². The van der Waals surface area contributed by atoms with Crippen LogP contribution in [0.15, 0.2) is 30.3 Å². The predicted molar refractivity (Wildman–Crippen MR) is 102 cm³/mol. The van der Waals surface area contributed by atoms with Gasteiger partial charge in [-0.05, 0) is 79.6 Å². The van der Waals surface area contributed by atoms with E-state index in [-0.39, 0.29) is 23.7 Å². The van der Waals surface area contributed by atoms with Gasteiger partial charge in [-0.2, -0.15) is 0 Å². The molecule has 0 radical (unpaired) electrons. The summed E-state index contributed by atoms with van der Waals surface area (Å²) in [6.45, 7) is 2.65. The van der Waals surface area contributed by atoms with Crippen molar-refractivity contribution in [1.82, 2.24) is 5.32 Å². The number of nitrogens with one attached hydrogen (secondary N) is 1. The third kappa shape index (κ3) is 3.90.